The van der Waals surface area contributed by atoms with E-state index < -0.39 is 123 Å². The molecule has 0 amide bonds. The van der Waals surface area contributed by atoms with E-state index in [0.717, 1.165) is 30.7 Å². The van der Waals surface area contributed by atoms with Crippen LogP contribution in [0.15, 0.2) is 48.5 Å². The Morgan fingerprint density at radius 3 is 1.11 bits per heavy atom. The maximum Gasteiger partial charge on any atom is 0.386 e. The molecule has 1 N–H and O–H groups in total. The van der Waals surface area contributed by atoms with Crippen molar-refractivity contribution in [1.82, 2.24) is 5.32 Å². The van der Waals surface area contributed by atoms with Crippen molar-refractivity contribution >= 4 is 0 Å². The molecule has 4 aromatic rings. The monoisotopic (exact) mass is 817 g/mol. The van der Waals surface area contributed by atoms with Crippen LogP contribution in [0.25, 0.3) is 22.3 Å². The average molecular weight is 818 g/mol. The average Bonchev–Trinajstić information content (AvgIpc) is 3.14. The Morgan fingerprint density at radius 2 is 0.782 bits per heavy atom. The third-order valence-electron chi connectivity index (χ3n) is 7.50. The van der Waals surface area contributed by atoms with E-state index in [9.17, 15) is 79.0 Å². The normalized spacial score (nSPS) is 11.9. The molecule has 0 aromatic heterocycles. The van der Waals surface area contributed by atoms with Gasteiger partial charge < -0.3 is 0 Å². The molecule has 0 bridgehead atoms. The summed E-state index contributed by atoms with van der Waals surface area (Å²) in [5.41, 5.74) is -3.93. The van der Waals surface area contributed by atoms with E-state index in [4.69, 9.17) is 0 Å². The summed E-state index contributed by atoms with van der Waals surface area (Å²) < 4.78 is 237. The number of rotatable bonds is 12. The summed E-state index contributed by atoms with van der Waals surface area (Å²) in [5, 5.41) is 1.19. The molecule has 0 atom stereocenters. The third-order valence-corrected chi connectivity index (χ3v) is 7.50. The SMILES string of the molecule is CCCCCCC(F)(F)C(F)(F)C(F)(F)NCCC.Fc1ccccc1-c1c(F)c(F)c(F)c(F)c1F.Fc1ccccc1-c1c(F)c(F)c(F)c(F)c1F. The van der Waals surface area contributed by atoms with Crippen molar-refractivity contribution < 1.29 is 79.0 Å². The number of hydrogen-bond acceptors (Lipinski definition) is 1. The van der Waals surface area contributed by atoms with Crippen LogP contribution in [0.5, 0.6) is 0 Å². The zero-order valence-corrected chi connectivity index (χ0v) is 28.4. The molecule has 0 aliphatic rings. The van der Waals surface area contributed by atoms with Gasteiger partial charge in [-0.3, -0.25) is 5.32 Å². The summed E-state index contributed by atoms with van der Waals surface area (Å²) in [6.07, 6.45) is 0.413. The van der Waals surface area contributed by atoms with E-state index in [2.05, 4.69) is 0 Å². The van der Waals surface area contributed by atoms with Crippen LogP contribution < -0.4 is 5.32 Å². The molecule has 4 rings (SSSR count). The lowest BCUT2D eigenvalue weighted by Crippen LogP contribution is -2.61. The van der Waals surface area contributed by atoms with Crippen LogP contribution in [0, 0.1) is 69.8 Å². The summed E-state index contributed by atoms with van der Waals surface area (Å²) in [5.74, 6) is -33.5. The molecule has 0 fully saturated rings. The zero-order chi connectivity index (χ0) is 42.1. The van der Waals surface area contributed by atoms with Gasteiger partial charge in [0.1, 0.15) is 11.6 Å². The maximum atomic E-state index is 13.4. The van der Waals surface area contributed by atoms with Gasteiger partial charge in [-0.2, -0.15) is 26.3 Å². The maximum absolute atomic E-state index is 13.4. The van der Waals surface area contributed by atoms with Crippen LogP contribution in [0.3, 0.4) is 0 Å². The minimum absolute atomic E-state index is 0.147. The number of nitrogens with one attached hydrogen (secondary N) is 1. The largest absolute Gasteiger partial charge is 0.386 e. The van der Waals surface area contributed by atoms with Crippen LogP contribution in [0.2, 0.25) is 0 Å². The van der Waals surface area contributed by atoms with Crippen molar-refractivity contribution in [2.24, 2.45) is 0 Å². The number of benzene rings is 4. The van der Waals surface area contributed by atoms with Gasteiger partial charge in [0.15, 0.2) is 46.5 Å². The number of halogens is 18. The second-order valence-electron chi connectivity index (χ2n) is 11.4. The smallest absolute Gasteiger partial charge is 0.253 e. The van der Waals surface area contributed by atoms with Crippen molar-refractivity contribution in [3.8, 4) is 22.3 Å². The standard InChI is InChI=1S/C12H21F6N.2C12H4F6/c1-3-5-6-7-8-10(13,14)11(15,16)12(17,18)19-9-4-2;2*13-6-4-2-1-3-5(6)7-8(14)10(16)12(18)11(17)9(7)15/h19H,3-9H2,1-2H3;2*1-4H. The highest BCUT2D eigenvalue weighted by Crippen LogP contribution is 2.47. The Balaban J connectivity index is 0.000000285. The Morgan fingerprint density at radius 1 is 0.436 bits per heavy atom. The van der Waals surface area contributed by atoms with Crippen LogP contribution >= 0.6 is 0 Å². The van der Waals surface area contributed by atoms with Crippen LogP contribution in [-0.2, 0) is 0 Å². The first-order valence-electron chi connectivity index (χ1n) is 15.9. The molecule has 1 nitrogen and oxygen atoms in total. The first kappa shape index (κ1) is 46.7. The van der Waals surface area contributed by atoms with Crippen molar-refractivity contribution in [2.45, 2.75) is 70.3 Å². The van der Waals surface area contributed by atoms with Gasteiger partial charge in [-0.15, -0.1) is 0 Å². The quantitative estimate of drug-likeness (QED) is 0.0494. The second-order valence-corrected chi connectivity index (χ2v) is 11.4. The minimum atomic E-state index is -5.39. The van der Waals surface area contributed by atoms with Gasteiger partial charge in [-0.25, -0.2) is 52.7 Å². The van der Waals surface area contributed by atoms with Crippen LogP contribution in [0.4, 0.5) is 79.0 Å². The molecule has 0 unspecified atom stereocenters. The van der Waals surface area contributed by atoms with Crippen molar-refractivity contribution in [3.05, 3.63) is 118 Å². The highest BCUT2D eigenvalue weighted by molar-refractivity contribution is 5.66. The Labute approximate surface area is 302 Å². The Kier molecular flexibility index (Phi) is 16.5. The lowest BCUT2D eigenvalue weighted by molar-refractivity contribution is -0.320. The topological polar surface area (TPSA) is 12.0 Å². The molecule has 0 aliphatic heterocycles. The second kappa shape index (κ2) is 19.4. The summed E-state index contributed by atoms with van der Waals surface area (Å²) in [6, 6.07) is 3.54. The van der Waals surface area contributed by atoms with Crippen LogP contribution in [-0.4, -0.2) is 24.4 Å². The number of alkyl halides is 6. The highest BCUT2D eigenvalue weighted by atomic mass is 19.3. The molecule has 19 heteroatoms. The van der Waals surface area contributed by atoms with E-state index in [1.165, 1.54) is 36.5 Å². The summed E-state index contributed by atoms with van der Waals surface area (Å²) in [4.78, 5) is 0. The molecule has 4 aromatic carbocycles. The molecule has 0 saturated heterocycles. The predicted octanol–water partition coefficient (Wildman–Crippen LogP) is 13.2. The van der Waals surface area contributed by atoms with E-state index in [-0.39, 0.29) is 12.8 Å². The van der Waals surface area contributed by atoms with Gasteiger partial charge in [0.25, 0.3) is 0 Å². The van der Waals surface area contributed by atoms with Gasteiger partial charge in [0.05, 0.1) is 11.1 Å². The molecule has 0 spiro atoms. The summed E-state index contributed by atoms with van der Waals surface area (Å²) >= 11 is 0. The van der Waals surface area contributed by atoms with Crippen molar-refractivity contribution in [3.63, 3.8) is 0 Å². The lowest BCUT2D eigenvalue weighted by atomic mass is 10.0. The van der Waals surface area contributed by atoms with Crippen molar-refractivity contribution in [2.75, 3.05) is 6.54 Å². The fourth-order valence-corrected chi connectivity index (χ4v) is 4.56. The van der Waals surface area contributed by atoms with Gasteiger partial charge in [0, 0.05) is 24.1 Å². The first-order chi connectivity index (χ1) is 25.5. The summed E-state index contributed by atoms with van der Waals surface area (Å²) in [7, 11) is 0. The van der Waals surface area contributed by atoms with E-state index in [0.29, 0.717) is 12.8 Å². The molecular formula is C36H29F18N. The molecule has 0 aliphatic carbocycles. The number of unbranched alkanes of at least 4 members (excludes halogenated alkanes) is 3. The van der Waals surface area contributed by atoms with Crippen molar-refractivity contribution in [1.29, 1.82) is 0 Å². The summed E-state index contributed by atoms with van der Waals surface area (Å²) in [6.45, 7) is 2.86. The molecule has 0 saturated carbocycles. The Bertz CT molecular complexity index is 1740. The lowest BCUT2D eigenvalue weighted by Gasteiger charge is -2.33. The molecule has 0 radical (unpaired) electrons. The zero-order valence-electron chi connectivity index (χ0n) is 28.4. The Hall–Kier alpha value is -4.42. The highest BCUT2D eigenvalue weighted by Gasteiger charge is 2.70. The molecule has 55 heavy (non-hydrogen) atoms. The predicted molar refractivity (Wildman–Crippen MR) is 165 cm³/mol. The van der Waals surface area contributed by atoms with Gasteiger partial charge in [-0.1, -0.05) is 69.5 Å². The minimum Gasteiger partial charge on any atom is -0.253 e. The first-order valence-corrected chi connectivity index (χ1v) is 15.9. The van der Waals surface area contributed by atoms with Gasteiger partial charge in [-0.05, 0) is 25.0 Å². The van der Waals surface area contributed by atoms with Crippen LogP contribution in [0.1, 0.15) is 52.4 Å². The fraction of sp³-hybridized carbons (Fsp3) is 0.333. The van der Waals surface area contributed by atoms with Gasteiger partial charge in [0.2, 0.25) is 11.6 Å². The third kappa shape index (κ3) is 10.5. The molecular weight excluding hydrogens is 788 g/mol. The van der Waals surface area contributed by atoms with E-state index in [1.807, 2.05) is 6.92 Å². The number of hydrogen-bond donors (Lipinski definition) is 1. The molecule has 0 heterocycles. The van der Waals surface area contributed by atoms with Gasteiger partial charge >= 0.3 is 17.9 Å². The van der Waals surface area contributed by atoms with E-state index in [1.54, 1.807) is 0 Å². The fourth-order valence-electron chi connectivity index (χ4n) is 4.56. The molecule has 304 valence electrons. The van der Waals surface area contributed by atoms with E-state index >= 15 is 0 Å².